The molecule has 0 radical (unpaired) electrons. The van der Waals surface area contributed by atoms with Gasteiger partial charge in [-0.05, 0) is 55.3 Å². The zero-order chi connectivity index (χ0) is 44.3. The first-order valence-corrected chi connectivity index (χ1v) is 22.1. The number of amides is 6. The van der Waals surface area contributed by atoms with Crippen molar-refractivity contribution in [1.82, 2.24) is 46.9 Å². The summed E-state index contributed by atoms with van der Waals surface area (Å²) in [7, 11) is 0. The van der Waals surface area contributed by atoms with Crippen LogP contribution in [-0.2, 0) is 48.0 Å². The summed E-state index contributed by atoms with van der Waals surface area (Å²) in [4.78, 5) is 94.2. The highest BCUT2D eigenvalue weighted by atomic mass is 16.2. The van der Waals surface area contributed by atoms with Gasteiger partial charge in [-0.15, -0.1) is 0 Å². The van der Waals surface area contributed by atoms with Crippen LogP contribution in [0.1, 0.15) is 94.9 Å². The van der Waals surface area contributed by atoms with E-state index in [1.54, 1.807) is 6.20 Å². The van der Waals surface area contributed by atoms with Gasteiger partial charge in [0.05, 0.1) is 12.0 Å². The number of nitrogens with zero attached hydrogens (tertiary/aromatic N) is 1. The molecule has 16 heteroatoms. The van der Waals surface area contributed by atoms with Crippen LogP contribution in [0.15, 0.2) is 73.3 Å². The first-order valence-electron chi connectivity index (χ1n) is 22.1. The number of imidazole rings is 1. The van der Waals surface area contributed by atoms with E-state index in [1.807, 2.05) is 74.6 Å². The highest BCUT2D eigenvalue weighted by Crippen LogP contribution is 2.20. The fourth-order valence-corrected chi connectivity index (χ4v) is 8.04. The topological polar surface area (TPSA) is 245 Å². The maximum absolute atomic E-state index is 14.4. The second kappa shape index (κ2) is 24.4. The lowest BCUT2D eigenvalue weighted by Gasteiger charge is -2.28. The molecular formula is C46H64N10O6. The van der Waals surface area contributed by atoms with E-state index >= 15 is 0 Å². The van der Waals surface area contributed by atoms with Gasteiger partial charge in [-0.1, -0.05) is 88.1 Å². The second-order valence-corrected chi connectivity index (χ2v) is 16.2. The Bertz CT molecular complexity index is 2050. The maximum Gasteiger partial charge on any atom is 0.243 e. The van der Waals surface area contributed by atoms with Crippen LogP contribution in [0.2, 0.25) is 0 Å². The molecule has 62 heavy (non-hydrogen) atoms. The van der Waals surface area contributed by atoms with Crippen LogP contribution in [0.25, 0.3) is 10.9 Å². The molecule has 334 valence electrons. The molecule has 1 fully saturated rings. The molecule has 0 bridgehead atoms. The largest absolute Gasteiger partial charge is 0.361 e. The SMILES string of the molecule is CCC(CC)C1CC(=O)N[C@@H](Cc2c[nH]cn2)C(=O)NC(Cc2ccccc2)C(=O)N[C@@H](CCCN)C(=O)N[C@@H](Cc2c[nH]c3ccccc23)C(=O)NCCCCCCC(=O)N1. The quantitative estimate of drug-likeness (QED) is 0.102. The Balaban J connectivity index is 1.46. The third kappa shape index (κ3) is 14.3. The first kappa shape index (κ1) is 47.0. The second-order valence-electron chi connectivity index (χ2n) is 16.2. The molecule has 5 atom stereocenters. The minimum atomic E-state index is -1.18. The summed E-state index contributed by atoms with van der Waals surface area (Å²) in [6.07, 6.45) is 10.3. The maximum atomic E-state index is 14.4. The summed E-state index contributed by atoms with van der Waals surface area (Å²) < 4.78 is 0. The van der Waals surface area contributed by atoms with E-state index in [0.717, 1.165) is 47.7 Å². The summed E-state index contributed by atoms with van der Waals surface area (Å²) in [5, 5.41) is 18.6. The fraction of sp³-hybridized carbons (Fsp3) is 0.500. The molecule has 2 unspecified atom stereocenters. The molecule has 0 spiro atoms. The molecule has 0 aliphatic carbocycles. The molecule has 5 rings (SSSR count). The molecule has 3 heterocycles. The van der Waals surface area contributed by atoms with Gasteiger partial charge in [-0.2, -0.15) is 0 Å². The molecule has 2 aromatic carbocycles. The Morgan fingerprint density at radius 2 is 1.34 bits per heavy atom. The summed E-state index contributed by atoms with van der Waals surface area (Å²) in [6, 6.07) is 12.0. The van der Waals surface area contributed by atoms with Crippen LogP contribution in [0, 0.1) is 5.92 Å². The van der Waals surface area contributed by atoms with Gasteiger partial charge >= 0.3 is 0 Å². The van der Waals surface area contributed by atoms with Gasteiger partial charge in [0.25, 0.3) is 0 Å². The summed E-state index contributed by atoms with van der Waals surface area (Å²) in [6.45, 7) is 4.65. The van der Waals surface area contributed by atoms with Gasteiger partial charge in [0, 0.05) is 68.0 Å². The number of rotatable bonds is 12. The average Bonchev–Trinajstić information content (AvgIpc) is 3.94. The van der Waals surface area contributed by atoms with E-state index < -0.39 is 53.8 Å². The van der Waals surface area contributed by atoms with Crippen LogP contribution >= 0.6 is 0 Å². The van der Waals surface area contributed by atoms with Crippen molar-refractivity contribution in [1.29, 1.82) is 0 Å². The zero-order valence-corrected chi connectivity index (χ0v) is 36.0. The first-order chi connectivity index (χ1) is 30.1. The van der Waals surface area contributed by atoms with Crippen LogP contribution in [0.3, 0.4) is 0 Å². The molecule has 1 aliphatic rings. The van der Waals surface area contributed by atoms with E-state index in [-0.39, 0.29) is 62.8 Å². The van der Waals surface area contributed by atoms with Crippen molar-refractivity contribution in [3.63, 3.8) is 0 Å². The molecule has 1 aliphatic heterocycles. The van der Waals surface area contributed by atoms with Crippen molar-refractivity contribution in [2.75, 3.05) is 13.1 Å². The standard InChI is InChI=1S/C46H64N10O6/c1-3-31(4-2)37-26-42(58)53-40(25-33-28-48-29-51-33)46(62)55-38(23-30-15-8-7-9-16-30)45(61)54-36(19-14-21-47)44(60)56-39(24-32-27-50-35-18-12-11-17-34(32)35)43(59)49-22-13-6-5-10-20-41(57)52-37/h7-9,11-12,15-18,27-29,31,36-40,50H,3-6,10,13-14,19-26,47H2,1-2H3,(H,48,51)(H,49,59)(H,52,57)(H,53,58)(H,54,61)(H,55,62)(H,56,60)/t36-,37?,38?,39-,40-/m0/s1. The number of fused-ring (bicyclic) bond motifs is 1. The van der Waals surface area contributed by atoms with Gasteiger partial charge in [-0.25, -0.2) is 4.98 Å². The number of hydrogen-bond acceptors (Lipinski definition) is 8. The molecule has 10 N–H and O–H groups in total. The molecule has 0 saturated carbocycles. The van der Waals surface area contributed by atoms with Crippen LogP contribution in [-0.4, -0.2) is 93.7 Å². The smallest absolute Gasteiger partial charge is 0.243 e. The lowest BCUT2D eigenvalue weighted by Crippen LogP contribution is -2.59. The number of nitrogens with two attached hydrogens (primary N) is 1. The average molecular weight is 853 g/mol. The lowest BCUT2D eigenvalue weighted by molar-refractivity contribution is -0.134. The van der Waals surface area contributed by atoms with Crippen molar-refractivity contribution in [3.8, 4) is 0 Å². The lowest BCUT2D eigenvalue weighted by atomic mass is 9.91. The van der Waals surface area contributed by atoms with Gasteiger partial charge in [0.15, 0.2) is 0 Å². The highest BCUT2D eigenvalue weighted by molar-refractivity contribution is 5.96. The number of carbonyl (C=O) groups is 6. The molecule has 2 aromatic heterocycles. The number of carbonyl (C=O) groups excluding carboxylic acids is 6. The van der Waals surface area contributed by atoms with Crippen LogP contribution < -0.4 is 37.6 Å². The highest BCUT2D eigenvalue weighted by Gasteiger charge is 2.33. The Labute approximate surface area is 363 Å². The number of para-hydroxylation sites is 1. The van der Waals surface area contributed by atoms with Crippen molar-refractivity contribution in [2.24, 2.45) is 11.7 Å². The monoisotopic (exact) mass is 853 g/mol. The molecule has 16 nitrogen and oxygen atoms in total. The van der Waals surface area contributed by atoms with Crippen molar-refractivity contribution in [2.45, 2.75) is 128 Å². The Hall–Kier alpha value is -6.03. The van der Waals surface area contributed by atoms with Crippen molar-refractivity contribution < 1.29 is 28.8 Å². The Morgan fingerprint density at radius 3 is 2.05 bits per heavy atom. The number of aromatic nitrogens is 3. The van der Waals surface area contributed by atoms with Crippen LogP contribution in [0.4, 0.5) is 0 Å². The third-order valence-corrected chi connectivity index (χ3v) is 11.6. The predicted octanol–water partition coefficient (Wildman–Crippen LogP) is 2.99. The number of aromatic amines is 2. The normalized spacial score (nSPS) is 22.2. The number of nitrogens with one attached hydrogen (secondary N) is 8. The molecular weight excluding hydrogens is 789 g/mol. The molecule has 4 aromatic rings. The van der Waals surface area contributed by atoms with E-state index in [1.165, 1.54) is 6.33 Å². The van der Waals surface area contributed by atoms with E-state index in [0.29, 0.717) is 31.5 Å². The van der Waals surface area contributed by atoms with Gasteiger partial charge in [-0.3, -0.25) is 28.8 Å². The van der Waals surface area contributed by atoms with E-state index in [4.69, 9.17) is 5.73 Å². The number of benzene rings is 2. The summed E-state index contributed by atoms with van der Waals surface area (Å²) in [5.41, 5.74) is 8.88. The third-order valence-electron chi connectivity index (χ3n) is 11.6. The van der Waals surface area contributed by atoms with Gasteiger partial charge < -0.3 is 47.6 Å². The van der Waals surface area contributed by atoms with Crippen molar-refractivity contribution >= 4 is 46.3 Å². The van der Waals surface area contributed by atoms with Gasteiger partial charge in [0.1, 0.15) is 24.2 Å². The van der Waals surface area contributed by atoms with E-state index in [2.05, 4.69) is 46.9 Å². The molecule has 1 saturated heterocycles. The fourth-order valence-electron chi connectivity index (χ4n) is 8.04. The number of H-pyrrole nitrogens is 2. The van der Waals surface area contributed by atoms with Crippen LogP contribution in [0.5, 0.6) is 0 Å². The predicted molar refractivity (Wildman–Crippen MR) is 237 cm³/mol. The Morgan fingerprint density at radius 1 is 0.677 bits per heavy atom. The number of hydrogen-bond donors (Lipinski definition) is 9. The zero-order valence-electron chi connectivity index (χ0n) is 36.0. The van der Waals surface area contributed by atoms with Gasteiger partial charge in [0.2, 0.25) is 35.4 Å². The van der Waals surface area contributed by atoms with Crippen molar-refractivity contribution in [3.05, 3.63) is 90.1 Å². The van der Waals surface area contributed by atoms with E-state index in [9.17, 15) is 28.8 Å². The Kier molecular flexibility index (Phi) is 18.5. The summed E-state index contributed by atoms with van der Waals surface area (Å²) in [5.74, 6) is -2.76. The minimum absolute atomic E-state index is 0.0180. The minimum Gasteiger partial charge on any atom is -0.361 e. The molecule has 6 amide bonds. The summed E-state index contributed by atoms with van der Waals surface area (Å²) >= 11 is 0.